The van der Waals surface area contributed by atoms with Crippen LogP contribution in [0.25, 0.3) is 0 Å². The van der Waals surface area contributed by atoms with Crippen LogP contribution in [0.4, 0.5) is 5.00 Å². The molecule has 0 aliphatic carbocycles. The van der Waals surface area contributed by atoms with Crippen molar-refractivity contribution in [2.45, 2.75) is 0 Å². The van der Waals surface area contributed by atoms with Crippen molar-refractivity contribution in [1.29, 1.82) is 0 Å². The van der Waals surface area contributed by atoms with Gasteiger partial charge in [-0.2, -0.15) is 0 Å². The Morgan fingerprint density at radius 3 is 2.70 bits per heavy atom. The topological polar surface area (TPSA) is 43.1 Å². The first-order valence-electron chi connectivity index (χ1n) is 2.45. The Balaban J connectivity index is 3.02. The minimum absolute atomic E-state index is 0.0907. The van der Waals surface area contributed by atoms with Gasteiger partial charge < -0.3 is 0 Å². The first kappa shape index (κ1) is 6.78. The van der Waals surface area contributed by atoms with Crippen LogP contribution in [-0.2, 0) is 0 Å². The molecule has 0 saturated heterocycles. The summed E-state index contributed by atoms with van der Waals surface area (Å²) in [4.78, 5) is 10.2. The molecule has 0 saturated carbocycles. The molecule has 1 aromatic heterocycles. The molecule has 0 N–H and O–H groups in total. The molecule has 1 heterocycles. The summed E-state index contributed by atoms with van der Waals surface area (Å²) in [5.74, 6) is 2.32. The van der Waals surface area contributed by atoms with E-state index in [0.29, 0.717) is 4.88 Å². The third-order valence-electron chi connectivity index (χ3n) is 0.914. The molecular weight excluding hydrogens is 150 g/mol. The highest BCUT2D eigenvalue weighted by atomic mass is 32.1. The van der Waals surface area contributed by atoms with Crippen LogP contribution in [0.1, 0.15) is 4.88 Å². The van der Waals surface area contributed by atoms with E-state index in [-0.39, 0.29) is 5.00 Å². The number of terminal acetylenes is 1. The fraction of sp³-hybridized carbons (Fsp3) is 0. The van der Waals surface area contributed by atoms with Gasteiger partial charge in [0.05, 0.1) is 9.80 Å². The monoisotopic (exact) mass is 153 g/mol. The van der Waals surface area contributed by atoms with Gasteiger partial charge in [-0.05, 0) is 6.07 Å². The van der Waals surface area contributed by atoms with Crippen LogP contribution in [0.15, 0.2) is 12.1 Å². The zero-order chi connectivity index (χ0) is 7.56. The van der Waals surface area contributed by atoms with Gasteiger partial charge in [-0.15, -0.1) is 6.42 Å². The van der Waals surface area contributed by atoms with E-state index in [4.69, 9.17) is 6.42 Å². The molecule has 3 nitrogen and oxygen atoms in total. The summed E-state index contributed by atoms with van der Waals surface area (Å²) < 4.78 is 0. The van der Waals surface area contributed by atoms with Gasteiger partial charge in [0.25, 0.3) is 0 Å². The molecule has 0 atom stereocenters. The van der Waals surface area contributed by atoms with Gasteiger partial charge in [0, 0.05) is 6.07 Å². The summed E-state index contributed by atoms with van der Waals surface area (Å²) in [5, 5.41) is 10.2. The molecule has 0 aliphatic rings. The highest BCUT2D eigenvalue weighted by Gasteiger charge is 2.06. The minimum atomic E-state index is -0.453. The number of nitro groups is 1. The Labute approximate surface area is 61.5 Å². The summed E-state index contributed by atoms with van der Waals surface area (Å²) in [6.07, 6.45) is 5.00. The molecule has 10 heavy (non-hydrogen) atoms. The van der Waals surface area contributed by atoms with E-state index >= 15 is 0 Å². The Morgan fingerprint density at radius 2 is 2.40 bits per heavy atom. The highest BCUT2D eigenvalue weighted by Crippen LogP contribution is 2.22. The van der Waals surface area contributed by atoms with Crippen LogP contribution in [-0.4, -0.2) is 4.92 Å². The number of rotatable bonds is 1. The van der Waals surface area contributed by atoms with Gasteiger partial charge in [-0.3, -0.25) is 10.1 Å². The maximum Gasteiger partial charge on any atom is 0.325 e. The largest absolute Gasteiger partial charge is 0.325 e. The summed E-state index contributed by atoms with van der Waals surface area (Å²) in [7, 11) is 0. The summed E-state index contributed by atoms with van der Waals surface area (Å²) in [6.45, 7) is 0. The van der Waals surface area contributed by atoms with E-state index in [0.717, 1.165) is 11.3 Å². The van der Waals surface area contributed by atoms with Crippen molar-refractivity contribution < 1.29 is 4.92 Å². The van der Waals surface area contributed by atoms with Crippen LogP contribution in [0.3, 0.4) is 0 Å². The minimum Gasteiger partial charge on any atom is -0.258 e. The standard InChI is InChI=1S/C6H3NO2S/c1-2-5-3-4-6(10-5)7(8)9/h1,3-4H. The van der Waals surface area contributed by atoms with Gasteiger partial charge in [-0.25, -0.2) is 0 Å². The molecule has 0 radical (unpaired) electrons. The zero-order valence-electron chi connectivity index (χ0n) is 4.90. The smallest absolute Gasteiger partial charge is 0.258 e. The molecule has 0 aliphatic heterocycles. The second-order valence-electron chi connectivity index (χ2n) is 1.54. The predicted molar refractivity (Wildman–Crippen MR) is 38.9 cm³/mol. The number of thiophene rings is 1. The average Bonchev–Trinajstić information content (AvgIpc) is 2.34. The van der Waals surface area contributed by atoms with Crippen molar-refractivity contribution >= 4 is 16.3 Å². The molecule has 0 bridgehead atoms. The van der Waals surface area contributed by atoms with Crippen molar-refractivity contribution in [1.82, 2.24) is 0 Å². The lowest BCUT2D eigenvalue weighted by Crippen LogP contribution is -1.80. The molecule has 1 aromatic rings. The van der Waals surface area contributed by atoms with Gasteiger partial charge in [-0.1, -0.05) is 17.3 Å². The number of hydrogen-bond acceptors (Lipinski definition) is 3. The lowest BCUT2D eigenvalue weighted by Gasteiger charge is -1.78. The average molecular weight is 153 g/mol. The van der Waals surface area contributed by atoms with E-state index in [2.05, 4.69) is 5.92 Å². The fourth-order valence-corrected chi connectivity index (χ4v) is 1.13. The van der Waals surface area contributed by atoms with Crippen molar-refractivity contribution in [3.8, 4) is 12.3 Å². The molecular formula is C6H3NO2S. The summed E-state index contributed by atoms with van der Waals surface area (Å²) in [5.41, 5.74) is 0. The normalized spacial score (nSPS) is 8.70. The van der Waals surface area contributed by atoms with Crippen molar-refractivity contribution in [3.05, 3.63) is 27.1 Å². The van der Waals surface area contributed by atoms with Crippen molar-refractivity contribution in [3.63, 3.8) is 0 Å². The second kappa shape index (κ2) is 2.50. The molecule has 4 heteroatoms. The van der Waals surface area contributed by atoms with Crippen molar-refractivity contribution in [2.75, 3.05) is 0 Å². The molecule has 0 fully saturated rings. The van der Waals surface area contributed by atoms with E-state index in [9.17, 15) is 10.1 Å². The van der Waals surface area contributed by atoms with Crippen molar-refractivity contribution in [2.24, 2.45) is 0 Å². The van der Waals surface area contributed by atoms with E-state index in [1.54, 1.807) is 6.07 Å². The molecule has 50 valence electrons. The molecule has 0 amide bonds. The van der Waals surface area contributed by atoms with Crippen LogP contribution in [0.2, 0.25) is 0 Å². The molecule has 0 spiro atoms. The SMILES string of the molecule is C#Cc1ccc([N+](=O)[O-])s1. The van der Waals surface area contributed by atoms with Crippen LogP contribution < -0.4 is 0 Å². The molecule has 0 unspecified atom stereocenters. The summed E-state index contributed by atoms with van der Waals surface area (Å²) >= 11 is 1.01. The van der Waals surface area contributed by atoms with E-state index in [1.807, 2.05) is 0 Å². The first-order chi connectivity index (χ1) is 4.74. The maximum absolute atomic E-state index is 10.1. The first-order valence-corrected chi connectivity index (χ1v) is 3.26. The quantitative estimate of drug-likeness (QED) is 0.349. The van der Waals surface area contributed by atoms with E-state index in [1.165, 1.54) is 6.07 Å². The third-order valence-corrected chi connectivity index (χ3v) is 1.88. The lowest BCUT2D eigenvalue weighted by atomic mass is 10.5. The second-order valence-corrected chi connectivity index (χ2v) is 2.60. The predicted octanol–water partition coefficient (Wildman–Crippen LogP) is 1.64. The van der Waals surface area contributed by atoms with Gasteiger partial charge >= 0.3 is 5.00 Å². The highest BCUT2D eigenvalue weighted by molar-refractivity contribution is 7.15. The van der Waals surface area contributed by atoms with Gasteiger partial charge in [0.1, 0.15) is 0 Å². The Kier molecular flexibility index (Phi) is 1.69. The van der Waals surface area contributed by atoms with Crippen LogP contribution in [0, 0.1) is 22.5 Å². The lowest BCUT2D eigenvalue weighted by molar-refractivity contribution is -0.380. The molecule has 0 aromatic carbocycles. The Bertz CT molecular complexity index is 297. The van der Waals surface area contributed by atoms with E-state index < -0.39 is 4.92 Å². The summed E-state index contributed by atoms with van der Waals surface area (Å²) in [6, 6.07) is 2.96. The van der Waals surface area contributed by atoms with Crippen LogP contribution >= 0.6 is 11.3 Å². The zero-order valence-corrected chi connectivity index (χ0v) is 5.72. The fourth-order valence-electron chi connectivity index (χ4n) is 0.503. The van der Waals surface area contributed by atoms with Gasteiger partial charge in [0.15, 0.2) is 0 Å². The number of nitrogens with zero attached hydrogens (tertiary/aromatic N) is 1. The number of hydrogen-bond donors (Lipinski definition) is 0. The Morgan fingerprint density at radius 1 is 1.70 bits per heavy atom. The third kappa shape index (κ3) is 1.14. The Hall–Kier alpha value is -1.34. The molecule has 1 rings (SSSR count). The maximum atomic E-state index is 10.1. The van der Waals surface area contributed by atoms with Gasteiger partial charge in [0.2, 0.25) is 0 Å². The van der Waals surface area contributed by atoms with Crippen LogP contribution in [0.5, 0.6) is 0 Å².